The molecule has 0 aliphatic heterocycles. The summed E-state index contributed by atoms with van der Waals surface area (Å²) in [4.78, 5) is 20.8. The topological polar surface area (TPSA) is 68.0 Å². The predicted octanol–water partition coefficient (Wildman–Crippen LogP) is 3.03. The lowest BCUT2D eigenvalue weighted by Crippen LogP contribution is -2.31. The first kappa shape index (κ1) is 14.0. The van der Waals surface area contributed by atoms with E-state index in [2.05, 4.69) is 21.5 Å². The summed E-state index contributed by atoms with van der Waals surface area (Å²) in [6.07, 6.45) is 6.77. The lowest BCUT2D eigenvalue weighted by Gasteiger charge is -2.23. The van der Waals surface area contributed by atoms with Crippen LogP contribution in [-0.2, 0) is 17.8 Å². The minimum atomic E-state index is -0.678. The number of rotatable bonds is 5. The maximum absolute atomic E-state index is 11.8. The van der Waals surface area contributed by atoms with Gasteiger partial charge in [0, 0.05) is 19.2 Å². The minimum Gasteiger partial charge on any atom is -0.481 e. The lowest BCUT2D eigenvalue weighted by molar-refractivity contribution is -0.148. The van der Waals surface area contributed by atoms with Crippen LogP contribution in [-0.4, -0.2) is 25.6 Å². The predicted molar refractivity (Wildman–Crippen MR) is 80.1 cm³/mol. The number of aryl methyl sites for hydroxylation is 1. The van der Waals surface area contributed by atoms with Crippen molar-refractivity contribution in [1.82, 2.24) is 14.5 Å². The summed E-state index contributed by atoms with van der Waals surface area (Å²) in [5.41, 5.74) is 1.10. The van der Waals surface area contributed by atoms with Gasteiger partial charge in [-0.15, -0.1) is 0 Å². The second kappa shape index (κ2) is 5.47. The van der Waals surface area contributed by atoms with Gasteiger partial charge >= 0.3 is 5.97 Å². The van der Waals surface area contributed by atoms with Crippen molar-refractivity contribution in [1.29, 1.82) is 0 Å². The fraction of sp³-hybridized carbons (Fsp3) is 0.562. The Balaban J connectivity index is 2.03. The van der Waals surface area contributed by atoms with Crippen molar-refractivity contribution in [2.24, 2.45) is 5.41 Å². The standard InChI is InChI=1S/C16H21N3O2/c1-2-10-19-13(18-12-6-5-9-17-14(12)19)11-16(15(20)21)7-3-4-8-16/h5-6,9H,2-4,7-8,10-11H2,1H3,(H,20,21). The highest BCUT2D eigenvalue weighted by atomic mass is 16.4. The van der Waals surface area contributed by atoms with Gasteiger partial charge in [-0.25, -0.2) is 9.97 Å². The zero-order chi connectivity index (χ0) is 14.9. The Morgan fingerprint density at radius 3 is 2.86 bits per heavy atom. The lowest BCUT2D eigenvalue weighted by atomic mass is 9.82. The third kappa shape index (κ3) is 2.41. The first-order valence-electron chi connectivity index (χ1n) is 7.70. The molecule has 112 valence electrons. The van der Waals surface area contributed by atoms with Gasteiger partial charge in [0.2, 0.25) is 0 Å². The highest BCUT2D eigenvalue weighted by Gasteiger charge is 2.42. The molecule has 1 N–H and O–H groups in total. The molecule has 0 saturated heterocycles. The molecule has 0 amide bonds. The van der Waals surface area contributed by atoms with E-state index in [1.165, 1.54) is 0 Å². The minimum absolute atomic E-state index is 0.513. The fourth-order valence-electron chi connectivity index (χ4n) is 3.42. The number of hydrogen-bond donors (Lipinski definition) is 1. The molecule has 5 heteroatoms. The second-order valence-electron chi connectivity index (χ2n) is 6.00. The van der Waals surface area contributed by atoms with Gasteiger partial charge in [-0.3, -0.25) is 4.79 Å². The van der Waals surface area contributed by atoms with Gasteiger partial charge in [0.1, 0.15) is 11.3 Å². The number of imidazole rings is 1. The summed E-state index contributed by atoms with van der Waals surface area (Å²) >= 11 is 0. The van der Waals surface area contributed by atoms with Gasteiger partial charge in [0.05, 0.1) is 5.41 Å². The number of carboxylic acids is 1. The summed E-state index contributed by atoms with van der Waals surface area (Å²) in [5.74, 6) is 0.193. The summed E-state index contributed by atoms with van der Waals surface area (Å²) in [5, 5.41) is 9.67. The van der Waals surface area contributed by atoms with E-state index in [1.807, 2.05) is 12.1 Å². The normalized spacial score (nSPS) is 17.4. The number of pyridine rings is 1. The first-order valence-corrected chi connectivity index (χ1v) is 7.70. The molecule has 0 unspecified atom stereocenters. The van der Waals surface area contributed by atoms with Gasteiger partial charge in [0.15, 0.2) is 5.65 Å². The van der Waals surface area contributed by atoms with Crippen molar-refractivity contribution in [3.05, 3.63) is 24.2 Å². The molecule has 1 fully saturated rings. The zero-order valence-corrected chi connectivity index (χ0v) is 12.4. The summed E-state index contributed by atoms with van der Waals surface area (Å²) in [7, 11) is 0. The van der Waals surface area contributed by atoms with Crippen molar-refractivity contribution in [2.75, 3.05) is 0 Å². The second-order valence-corrected chi connectivity index (χ2v) is 6.00. The number of aromatic nitrogens is 3. The van der Waals surface area contributed by atoms with Crippen LogP contribution in [0.4, 0.5) is 0 Å². The molecule has 2 heterocycles. The molecule has 5 nitrogen and oxygen atoms in total. The van der Waals surface area contributed by atoms with Crippen molar-refractivity contribution >= 4 is 17.1 Å². The van der Waals surface area contributed by atoms with Crippen LogP contribution >= 0.6 is 0 Å². The van der Waals surface area contributed by atoms with Gasteiger partial charge in [-0.2, -0.15) is 0 Å². The highest BCUT2D eigenvalue weighted by molar-refractivity contribution is 5.76. The Morgan fingerprint density at radius 2 is 2.19 bits per heavy atom. The zero-order valence-electron chi connectivity index (χ0n) is 12.4. The summed E-state index contributed by atoms with van der Waals surface area (Å²) in [6, 6.07) is 3.82. The van der Waals surface area contributed by atoms with Crippen LogP contribution in [0.3, 0.4) is 0 Å². The van der Waals surface area contributed by atoms with Gasteiger partial charge < -0.3 is 9.67 Å². The van der Waals surface area contributed by atoms with E-state index in [1.54, 1.807) is 6.20 Å². The maximum Gasteiger partial charge on any atom is 0.310 e. The Bertz CT molecular complexity index is 657. The Hall–Kier alpha value is -1.91. The molecule has 0 radical (unpaired) electrons. The molecular formula is C16H21N3O2. The number of hydrogen-bond acceptors (Lipinski definition) is 3. The Kier molecular flexibility index (Phi) is 3.66. The van der Waals surface area contributed by atoms with Gasteiger partial charge in [-0.05, 0) is 31.4 Å². The average molecular weight is 287 g/mol. The third-order valence-corrected chi connectivity index (χ3v) is 4.54. The largest absolute Gasteiger partial charge is 0.481 e. The highest BCUT2D eigenvalue weighted by Crippen LogP contribution is 2.41. The van der Waals surface area contributed by atoms with Crippen molar-refractivity contribution in [2.45, 2.75) is 52.0 Å². The number of carbonyl (C=O) groups is 1. The third-order valence-electron chi connectivity index (χ3n) is 4.54. The quantitative estimate of drug-likeness (QED) is 0.917. The number of fused-ring (bicyclic) bond motifs is 1. The van der Waals surface area contributed by atoms with E-state index >= 15 is 0 Å². The van der Waals surface area contributed by atoms with E-state index in [4.69, 9.17) is 0 Å². The Morgan fingerprint density at radius 1 is 1.43 bits per heavy atom. The van der Waals surface area contributed by atoms with Crippen molar-refractivity contribution in [3.63, 3.8) is 0 Å². The molecule has 21 heavy (non-hydrogen) atoms. The van der Waals surface area contributed by atoms with Crippen molar-refractivity contribution in [3.8, 4) is 0 Å². The molecule has 0 aromatic carbocycles. The van der Waals surface area contributed by atoms with Crippen LogP contribution < -0.4 is 0 Å². The van der Waals surface area contributed by atoms with Crippen LogP contribution in [0.15, 0.2) is 18.3 Å². The molecule has 3 rings (SSSR count). The van der Waals surface area contributed by atoms with Gasteiger partial charge in [-0.1, -0.05) is 19.8 Å². The van der Waals surface area contributed by atoms with E-state index in [9.17, 15) is 9.90 Å². The first-order chi connectivity index (χ1) is 10.2. The van der Waals surface area contributed by atoms with E-state index in [-0.39, 0.29) is 0 Å². The van der Waals surface area contributed by atoms with Crippen LogP contribution in [0.5, 0.6) is 0 Å². The van der Waals surface area contributed by atoms with Gasteiger partial charge in [0.25, 0.3) is 0 Å². The molecule has 0 atom stereocenters. The SMILES string of the molecule is CCCn1c(CC2(C(=O)O)CCCC2)nc2cccnc21. The summed E-state index contributed by atoms with van der Waals surface area (Å²) < 4.78 is 2.10. The van der Waals surface area contributed by atoms with E-state index in [0.717, 1.165) is 55.6 Å². The molecule has 2 aromatic rings. The van der Waals surface area contributed by atoms with E-state index < -0.39 is 11.4 Å². The molecule has 2 aromatic heterocycles. The molecule has 1 aliphatic carbocycles. The molecule has 1 aliphatic rings. The molecular weight excluding hydrogens is 266 g/mol. The number of carboxylic acid groups (broad SMARTS) is 1. The average Bonchev–Trinajstić information content (AvgIpc) is 3.07. The smallest absolute Gasteiger partial charge is 0.310 e. The molecule has 0 bridgehead atoms. The number of aliphatic carboxylic acids is 1. The van der Waals surface area contributed by atoms with Crippen LogP contribution in [0, 0.1) is 5.41 Å². The monoisotopic (exact) mass is 287 g/mol. The van der Waals surface area contributed by atoms with E-state index in [0.29, 0.717) is 6.42 Å². The fourth-order valence-corrected chi connectivity index (χ4v) is 3.42. The maximum atomic E-state index is 11.8. The summed E-state index contributed by atoms with van der Waals surface area (Å²) in [6.45, 7) is 2.94. The van der Waals surface area contributed by atoms with Crippen molar-refractivity contribution < 1.29 is 9.90 Å². The number of nitrogens with zero attached hydrogens (tertiary/aromatic N) is 3. The molecule has 0 spiro atoms. The van der Waals surface area contributed by atoms with Crippen LogP contribution in [0.25, 0.3) is 11.2 Å². The van der Waals surface area contributed by atoms with Crippen LogP contribution in [0.1, 0.15) is 44.9 Å². The Labute approximate surface area is 124 Å². The van der Waals surface area contributed by atoms with Crippen LogP contribution in [0.2, 0.25) is 0 Å². The molecule has 1 saturated carbocycles.